The van der Waals surface area contributed by atoms with Gasteiger partial charge in [0.2, 0.25) is 0 Å². The lowest BCUT2D eigenvalue weighted by Crippen LogP contribution is -2.46. The van der Waals surface area contributed by atoms with Crippen molar-refractivity contribution in [1.29, 1.82) is 0 Å². The van der Waals surface area contributed by atoms with Crippen LogP contribution in [0.2, 0.25) is 0 Å². The van der Waals surface area contributed by atoms with E-state index in [1.807, 2.05) is 12.3 Å². The van der Waals surface area contributed by atoms with Gasteiger partial charge >= 0.3 is 0 Å². The van der Waals surface area contributed by atoms with E-state index in [0.29, 0.717) is 6.04 Å². The van der Waals surface area contributed by atoms with Crippen LogP contribution in [0.25, 0.3) is 0 Å². The fourth-order valence-corrected chi connectivity index (χ4v) is 3.38. The van der Waals surface area contributed by atoms with Crippen molar-refractivity contribution in [3.63, 3.8) is 0 Å². The molecule has 3 nitrogen and oxygen atoms in total. The molecule has 2 aliphatic rings. The molecule has 1 N–H and O–H groups in total. The Morgan fingerprint density at radius 3 is 3.18 bits per heavy atom. The maximum absolute atomic E-state index is 4.51. The van der Waals surface area contributed by atoms with Gasteiger partial charge < -0.3 is 5.32 Å². The van der Waals surface area contributed by atoms with Crippen molar-refractivity contribution < 1.29 is 0 Å². The Morgan fingerprint density at radius 1 is 1.41 bits per heavy atom. The number of fused-ring (bicyclic) bond motifs is 1. The third kappa shape index (κ3) is 2.09. The van der Waals surface area contributed by atoms with Gasteiger partial charge in [0.15, 0.2) is 0 Å². The molecule has 2 aliphatic heterocycles. The summed E-state index contributed by atoms with van der Waals surface area (Å²) in [6.07, 6.45) is 4.63. The fourth-order valence-electron chi connectivity index (χ4n) is 3.38. The quantitative estimate of drug-likeness (QED) is 0.841. The molecule has 92 valence electrons. The molecule has 3 atom stereocenters. The van der Waals surface area contributed by atoms with Crippen molar-refractivity contribution in [2.24, 2.45) is 5.92 Å². The molecule has 3 rings (SSSR count). The maximum atomic E-state index is 4.51. The van der Waals surface area contributed by atoms with E-state index in [2.05, 4.69) is 34.3 Å². The molecule has 0 bridgehead atoms. The summed E-state index contributed by atoms with van der Waals surface area (Å²) in [4.78, 5) is 7.16. The lowest BCUT2D eigenvalue weighted by Gasteiger charge is -2.40. The zero-order valence-electron chi connectivity index (χ0n) is 10.5. The summed E-state index contributed by atoms with van der Waals surface area (Å²) in [6.45, 7) is 5.88. The summed E-state index contributed by atoms with van der Waals surface area (Å²) in [6, 6.07) is 7.40. The Hall–Kier alpha value is -0.930. The number of piperidine rings is 1. The number of nitrogens with zero attached hydrogens (tertiary/aromatic N) is 2. The Balaban J connectivity index is 1.79. The number of hydrogen-bond donors (Lipinski definition) is 1. The molecule has 0 aromatic carbocycles. The van der Waals surface area contributed by atoms with Crippen LogP contribution in [0.1, 0.15) is 31.5 Å². The van der Waals surface area contributed by atoms with E-state index in [4.69, 9.17) is 0 Å². The second-order valence-corrected chi connectivity index (χ2v) is 5.30. The van der Waals surface area contributed by atoms with E-state index >= 15 is 0 Å². The lowest BCUT2D eigenvalue weighted by atomic mass is 9.90. The van der Waals surface area contributed by atoms with Crippen LogP contribution < -0.4 is 5.32 Å². The third-order valence-electron chi connectivity index (χ3n) is 4.33. The Morgan fingerprint density at radius 2 is 2.35 bits per heavy atom. The van der Waals surface area contributed by atoms with Gasteiger partial charge in [0, 0.05) is 24.8 Å². The number of hydrogen-bond acceptors (Lipinski definition) is 3. The first-order valence-electron chi connectivity index (χ1n) is 6.73. The van der Waals surface area contributed by atoms with Gasteiger partial charge in [-0.3, -0.25) is 9.88 Å². The molecule has 0 spiro atoms. The normalized spacial score (nSPS) is 31.1. The third-order valence-corrected chi connectivity index (χ3v) is 4.33. The standard InChI is InChI=1S/C14H21N3/c1-11(13-6-2-3-7-16-13)17-8-4-5-12-9-15-10-14(12)17/h2-3,6-7,11-12,14-15H,4-5,8-10H2,1H3. The fraction of sp³-hybridized carbons (Fsp3) is 0.643. The minimum atomic E-state index is 0.448. The Kier molecular flexibility index (Phi) is 3.12. The molecule has 0 aliphatic carbocycles. The highest BCUT2D eigenvalue weighted by Crippen LogP contribution is 2.32. The van der Waals surface area contributed by atoms with Gasteiger partial charge in [-0.2, -0.15) is 0 Å². The second kappa shape index (κ2) is 4.75. The molecule has 0 saturated carbocycles. The predicted molar refractivity (Wildman–Crippen MR) is 68.7 cm³/mol. The molecule has 3 heteroatoms. The lowest BCUT2D eigenvalue weighted by molar-refractivity contribution is 0.0829. The van der Waals surface area contributed by atoms with Gasteiger partial charge in [-0.15, -0.1) is 0 Å². The average molecular weight is 231 g/mol. The van der Waals surface area contributed by atoms with Crippen LogP contribution in [0.3, 0.4) is 0 Å². The summed E-state index contributed by atoms with van der Waals surface area (Å²) in [5.41, 5.74) is 1.21. The van der Waals surface area contributed by atoms with E-state index in [-0.39, 0.29) is 0 Å². The monoisotopic (exact) mass is 231 g/mol. The molecular formula is C14H21N3. The van der Waals surface area contributed by atoms with Crippen LogP contribution in [-0.4, -0.2) is 35.6 Å². The zero-order chi connectivity index (χ0) is 11.7. The van der Waals surface area contributed by atoms with Gasteiger partial charge in [-0.25, -0.2) is 0 Å². The summed E-state index contributed by atoms with van der Waals surface area (Å²) < 4.78 is 0. The summed E-state index contributed by atoms with van der Waals surface area (Å²) in [5.74, 6) is 0.856. The van der Waals surface area contributed by atoms with Crippen LogP contribution in [0.4, 0.5) is 0 Å². The minimum absolute atomic E-state index is 0.448. The molecule has 1 aromatic rings. The van der Waals surface area contributed by atoms with Crippen LogP contribution in [-0.2, 0) is 0 Å². The van der Waals surface area contributed by atoms with E-state index < -0.39 is 0 Å². The molecule has 3 heterocycles. The molecule has 2 fully saturated rings. The van der Waals surface area contributed by atoms with Crippen molar-refractivity contribution in [3.8, 4) is 0 Å². The average Bonchev–Trinajstić information content (AvgIpc) is 2.87. The highest BCUT2D eigenvalue weighted by atomic mass is 15.2. The first-order valence-corrected chi connectivity index (χ1v) is 6.73. The Bertz CT molecular complexity index is 365. The molecule has 1 aromatic heterocycles. The van der Waals surface area contributed by atoms with Crippen LogP contribution in [0.5, 0.6) is 0 Å². The zero-order valence-corrected chi connectivity index (χ0v) is 10.5. The number of rotatable bonds is 2. The second-order valence-electron chi connectivity index (χ2n) is 5.30. The molecule has 17 heavy (non-hydrogen) atoms. The summed E-state index contributed by atoms with van der Waals surface area (Å²) >= 11 is 0. The Labute approximate surface area is 103 Å². The van der Waals surface area contributed by atoms with Gasteiger partial charge in [0.05, 0.1) is 5.69 Å². The van der Waals surface area contributed by atoms with Crippen molar-refractivity contribution in [2.75, 3.05) is 19.6 Å². The van der Waals surface area contributed by atoms with Crippen molar-refractivity contribution in [1.82, 2.24) is 15.2 Å². The van der Waals surface area contributed by atoms with E-state index in [1.54, 1.807) is 0 Å². The van der Waals surface area contributed by atoms with E-state index in [1.165, 1.54) is 31.6 Å². The summed E-state index contributed by atoms with van der Waals surface area (Å²) in [5, 5.41) is 3.54. The molecule has 3 unspecified atom stereocenters. The van der Waals surface area contributed by atoms with Crippen LogP contribution in [0.15, 0.2) is 24.4 Å². The smallest absolute Gasteiger partial charge is 0.0572 e. The number of pyridine rings is 1. The van der Waals surface area contributed by atoms with E-state index in [9.17, 15) is 0 Å². The maximum Gasteiger partial charge on any atom is 0.0572 e. The van der Waals surface area contributed by atoms with E-state index in [0.717, 1.165) is 18.5 Å². The number of aromatic nitrogens is 1. The van der Waals surface area contributed by atoms with Crippen molar-refractivity contribution >= 4 is 0 Å². The van der Waals surface area contributed by atoms with Crippen LogP contribution >= 0.6 is 0 Å². The SMILES string of the molecule is CC(c1ccccn1)N1CCCC2CNCC21. The van der Waals surface area contributed by atoms with Crippen molar-refractivity contribution in [2.45, 2.75) is 31.8 Å². The summed E-state index contributed by atoms with van der Waals surface area (Å²) in [7, 11) is 0. The number of likely N-dealkylation sites (tertiary alicyclic amines) is 1. The first kappa shape index (κ1) is 11.2. The van der Waals surface area contributed by atoms with Gasteiger partial charge in [-0.05, 0) is 50.9 Å². The van der Waals surface area contributed by atoms with Gasteiger partial charge in [0.1, 0.15) is 0 Å². The topological polar surface area (TPSA) is 28.2 Å². The first-order chi connectivity index (χ1) is 8.36. The minimum Gasteiger partial charge on any atom is -0.315 e. The number of nitrogens with one attached hydrogen (secondary N) is 1. The highest BCUT2D eigenvalue weighted by Gasteiger charge is 2.37. The largest absolute Gasteiger partial charge is 0.315 e. The predicted octanol–water partition coefficient (Wildman–Crippen LogP) is 1.83. The van der Waals surface area contributed by atoms with Gasteiger partial charge in [0.25, 0.3) is 0 Å². The molecule has 0 amide bonds. The highest BCUT2D eigenvalue weighted by molar-refractivity contribution is 5.09. The molecule has 2 saturated heterocycles. The van der Waals surface area contributed by atoms with Gasteiger partial charge in [-0.1, -0.05) is 6.07 Å². The van der Waals surface area contributed by atoms with Crippen LogP contribution in [0, 0.1) is 5.92 Å². The van der Waals surface area contributed by atoms with Crippen molar-refractivity contribution in [3.05, 3.63) is 30.1 Å². The molecule has 0 radical (unpaired) electrons. The molecular weight excluding hydrogens is 210 g/mol.